The molecule has 0 aliphatic carbocycles. The fourth-order valence-corrected chi connectivity index (χ4v) is 4.63. The van der Waals surface area contributed by atoms with Crippen LogP contribution in [-0.2, 0) is 9.19 Å². The smallest absolute Gasteiger partial charge is 0.403 e. The molecule has 1 atom stereocenters. The van der Waals surface area contributed by atoms with E-state index in [-0.39, 0.29) is 11.4 Å². The number of hydrogen-bond acceptors (Lipinski definition) is 6. The van der Waals surface area contributed by atoms with Gasteiger partial charge in [-0.1, -0.05) is 13.8 Å². The first-order valence-electron chi connectivity index (χ1n) is 8.76. The maximum absolute atomic E-state index is 13.6. The molecule has 2 rings (SSSR count). The number of aromatic nitrogens is 1. The van der Waals surface area contributed by atoms with Crippen LogP contribution in [0.4, 0.5) is 5.69 Å². The lowest BCUT2D eigenvalue weighted by Gasteiger charge is -2.27. The first-order valence-corrected chi connectivity index (χ1v) is 10.4. The highest BCUT2D eigenvalue weighted by Crippen LogP contribution is 2.56. The van der Waals surface area contributed by atoms with Crippen LogP contribution in [0.1, 0.15) is 43.4 Å². The molecule has 0 fully saturated rings. The van der Waals surface area contributed by atoms with Gasteiger partial charge < -0.3 is 9.63 Å². The number of hydrogen-bond donors (Lipinski definition) is 2. The normalized spacial score (nSPS) is 13.5. The Labute approximate surface area is 155 Å². The quantitative estimate of drug-likeness (QED) is 0.465. The molecule has 0 aliphatic rings. The second kappa shape index (κ2) is 8.56. The highest BCUT2D eigenvalue weighted by Gasteiger charge is 2.37. The van der Waals surface area contributed by atoms with Crippen LogP contribution in [-0.4, -0.2) is 15.7 Å². The van der Waals surface area contributed by atoms with Crippen molar-refractivity contribution >= 4 is 13.3 Å². The van der Waals surface area contributed by atoms with E-state index in [1.54, 1.807) is 44.4 Å². The highest BCUT2D eigenvalue weighted by molar-refractivity contribution is 7.55. The lowest BCUT2D eigenvalue weighted by molar-refractivity contribution is 0.302. The first kappa shape index (κ1) is 20.3. The van der Waals surface area contributed by atoms with Crippen molar-refractivity contribution in [3.63, 3.8) is 0 Å². The van der Waals surface area contributed by atoms with Gasteiger partial charge in [-0.2, -0.15) is 4.62 Å². The Morgan fingerprint density at radius 1 is 1.23 bits per heavy atom. The molecule has 0 bridgehead atoms. The number of benzene rings is 1. The van der Waals surface area contributed by atoms with Gasteiger partial charge in [-0.15, -0.1) is 0 Å². The average molecular weight is 378 g/mol. The molecule has 7 heteroatoms. The summed E-state index contributed by atoms with van der Waals surface area (Å²) in [7, 11) is -3.52. The molecule has 2 N–H and O–H groups in total. The second-order valence-electron chi connectivity index (χ2n) is 6.33. The molecule has 26 heavy (non-hydrogen) atoms. The minimum atomic E-state index is -3.52. The predicted octanol–water partition coefficient (Wildman–Crippen LogP) is 5.52. The molecule has 1 aromatic heterocycles. The van der Waals surface area contributed by atoms with E-state index in [0.29, 0.717) is 35.4 Å². The molecule has 0 aliphatic heterocycles. The summed E-state index contributed by atoms with van der Waals surface area (Å²) < 4.78 is 25.2. The Morgan fingerprint density at radius 3 is 2.50 bits per heavy atom. The van der Waals surface area contributed by atoms with Gasteiger partial charge in [0.15, 0.2) is 0 Å². The van der Waals surface area contributed by atoms with E-state index in [9.17, 15) is 9.67 Å². The number of phenolic OH excluding ortho intramolecular Hbond substituents is 1. The van der Waals surface area contributed by atoms with E-state index in [2.05, 4.69) is 10.5 Å². The van der Waals surface area contributed by atoms with Gasteiger partial charge >= 0.3 is 7.60 Å². The monoisotopic (exact) mass is 378 g/mol. The Morgan fingerprint density at radius 2 is 1.92 bits per heavy atom. The van der Waals surface area contributed by atoms with Crippen molar-refractivity contribution < 1.29 is 18.8 Å². The van der Waals surface area contributed by atoms with Crippen molar-refractivity contribution in [2.75, 3.05) is 5.48 Å². The van der Waals surface area contributed by atoms with Gasteiger partial charge in [0.05, 0.1) is 17.5 Å². The molecule has 2 aromatic rings. The van der Waals surface area contributed by atoms with Crippen molar-refractivity contribution in [2.24, 2.45) is 0 Å². The van der Waals surface area contributed by atoms with E-state index < -0.39 is 7.60 Å². The van der Waals surface area contributed by atoms with Crippen molar-refractivity contribution in [1.82, 2.24) is 4.98 Å². The van der Waals surface area contributed by atoms with Crippen LogP contribution < -0.4 is 10.0 Å². The third kappa shape index (κ3) is 4.37. The predicted molar refractivity (Wildman–Crippen MR) is 104 cm³/mol. The molecule has 1 aromatic carbocycles. The Bertz CT molecular complexity index is 792. The van der Waals surface area contributed by atoms with Crippen LogP contribution in [0.5, 0.6) is 11.5 Å². The number of phenols is 1. The standard InChI is InChI=1S/C19H27N2O4P/c1-6-17(7-2)26(23,25-21-16-9-8-10-20-12-16)24-18-11-13(3)19(22)15(5)14(18)4/h8-12,17,21-22H,6-7H2,1-5H3. The van der Waals surface area contributed by atoms with Gasteiger partial charge in [0, 0.05) is 6.20 Å². The fraction of sp³-hybridized carbons (Fsp3) is 0.421. The molecule has 6 nitrogen and oxygen atoms in total. The number of nitrogens with zero attached hydrogens (tertiary/aromatic N) is 1. The van der Waals surface area contributed by atoms with Gasteiger partial charge in [-0.3, -0.25) is 10.5 Å². The van der Waals surface area contributed by atoms with Gasteiger partial charge in [0.2, 0.25) is 0 Å². The van der Waals surface area contributed by atoms with Crippen molar-refractivity contribution in [3.05, 3.63) is 47.3 Å². The minimum absolute atomic E-state index is 0.224. The van der Waals surface area contributed by atoms with E-state index in [1.165, 1.54) is 0 Å². The Kier molecular flexibility index (Phi) is 6.68. The van der Waals surface area contributed by atoms with Crippen molar-refractivity contribution in [2.45, 2.75) is 53.1 Å². The molecular formula is C19H27N2O4P. The second-order valence-corrected chi connectivity index (χ2v) is 8.50. The zero-order chi connectivity index (χ0) is 19.3. The van der Waals surface area contributed by atoms with Gasteiger partial charge in [0.1, 0.15) is 11.5 Å². The first-order chi connectivity index (χ1) is 12.3. The van der Waals surface area contributed by atoms with Crippen LogP contribution in [0, 0.1) is 20.8 Å². The van der Waals surface area contributed by atoms with Crippen LogP contribution in [0.3, 0.4) is 0 Å². The van der Waals surface area contributed by atoms with Crippen LogP contribution >= 0.6 is 7.60 Å². The maximum atomic E-state index is 13.6. The van der Waals surface area contributed by atoms with Gasteiger partial charge in [-0.25, -0.2) is 4.57 Å². The van der Waals surface area contributed by atoms with E-state index >= 15 is 0 Å². The van der Waals surface area contributed by atoms with E-state index in [4.69, 9.17) is 9.15 Å². The fourth-order valence-electron chi connectivity index (χ4n) is 2.71. The van der Waals surface area contributed by atoms with Crippen LogP contribution in [0.15, 0.2) is 30.6 Å². The number of aromatic hydroxyl groups is 1. The SMILES string of the molecule is CCC(CC)P(=O)(ONc1cccnc1)Oc1cc(C)c(O)c(C)c1C. The average Bonchev–Trinajstić information content (AvgIpc) is 2.64. The Balaban J connectivity index is 2.35. The number of aryl methyl sites for hydroxylation is 1. The molecule has 0 saturated carbocycles. The number of pyridine rings is 1. The van der Waals surface area contributed by atoms with Crippen LogP contribution in [0.25, 0.3) is 0 Å². The summed E-state index contributed by atoms with van der Waals surface area (Å²) in [4.78, 5) is 4.00. The van der Waals surface area contributed by atoms with E-state index in [0.717, 1.165) is 5.56 Å². The molecular weight excluding hydrogens is 351 g/mol. The zero-order valence-corrected chi connectivity index (χ0v) is 16.8. The van der Waals surface area contributed by atoms with E-state index in [1.807, 2.05) is 20.8 Å². The molecule has 1 heterocycles. The third-order valence-corrected chi connectivity index (χ3v) is 7.00. The minimum Gasteiger partial charge on any atom is -0.507 e. The largest absolute Gasteiger partial charge is 0.507 e. The molecule has 142 valence electrons. The summed E-state index contributed by atoms with van der Waals surface area (Å²) in [5, 5.41) is 10.1. The summed E-state index contributed by atoms with van der Waals surface area (Å²) in [6.45, 7) is 9.33. The number of rotatable bonds is 8. The molecule has 0 spiro atoms. The Hall–Kier alpha value is -2.04. The van der Waals surface area contributed by atoms with Gasteiger partial charge in [0.25, 0.3) is 0 Å². The molecule has 0 amide bonds. The molecule has 1 unspecified atom stereocenters. The summed E-state index contributed by atoms with van der Waals surface area (Å²) in [6.07, 6.45) is 4.53. The zero-order valence-electron chi connectivity index (χ0n) is 15.9. The number of anilines is 1. The van der Waals surface area contributed by atoms with Crippen molar-refractivity contribution in [3.8, 4) is 11.5 Å². The highest BCUT2D eigenvalue weighted by atomic mass is 31.2. The molecule has 0 radical (unpaired) electrons. The topological polar surface area (TPSA) is 80.7 Å². The summed E-state index contributed by atoms with van der Waals surface area (Å²) >= 11 is 0. The summed E-state index contributed by atoms with van der Waals surface area (Å²) in [5.41, 5.74) is 5.16. The third-order valence-electron chi connectivity index (χ3n) is 4.58. The molecule has 0 saturated heterocycles. The summed E-state index contributed by atoms with van der Waals surface area (Å²) in [5.74, 6) is 0.683. The lowest BCUT2D eigenvalue weighted by atomic mass is 10.0. The van der Waals surface area contributed by atoms with Crippen molar-refractivity contribution in [1.29, 1.82) is 0 Å². The maximum Gasteiger partial charge on any atom is 0.403 e. The summed E-state index contributed by atoms with van der Waals surface area (Å²) in [6, 6.07) is 5.22. The van der Waals surface area contributed by atoms with Gasteiger partial charge in [-0.05, 0) is 68.5 Å². The number of nitrogens with one attached hydrogen (secondary N) is 1. The van der Waals surface area contributed by atoms with Crippen LogP contribution in [0.2, 0.25) is 0 Å². The lowest BCUT2D eigenvalue weighted by Crippen LogP contribution is -2.16.